The van der Waals surface area contributed by atoms with Gasteiger partial charge in [-0.2, -0.15) is 0 Å². The molecule has 1 rings (SSSR count). The second-order valence-corrected chi connectivity index (χ2v) is 4.46. The highest BCUT2D eigenvalue weighted by Crippen LogP contribution is 2.24. The lowest BCUT2D eigenvalue weighted by Crippen LogP contribution is -1.93. The van der Waals surface area contributed by atoms with E-state index in [1.807, 2.05) is 0 Å². The van der Waals surface area contributed by atoms with Gasteiger partial charge in [0.2, 0.25) is 0 Å². The average molecular weight is 240 g/mol. The number of hydrogen-bond donors (Lipinski definition) is 0. The van der Waals surface area contributed by atoms with Gasteiger partial charge < -0.3 is 0 Å². The van der Waals surface area contributed by atoms with Gasteiger partial charge >= 0.3 is 0 Å². The molecule has 1 aromatic rings. The van der Waals surface area contributed by atoms with Gasteiger partial charge in [-0.1, -0.05) is 35.3 Å². The molecule has 0 aliphatic rings. The lowest BCUT2D eigenvalue weighted by molar-refractivity contribution is 0.713. The zero-order valence-electron chi connectivity index (χ0n) is 8.31. The SMILES string of the molecule is [CH2]C(CCC)c1cc(C)cc(Br)c1. The van der Waals surface area contributed by atoms with E-state index in [1.165, 1.54) is 17.5 Å². The molecule has 0 N–H and O–H groups in total. The molecule has 13 heavy (non-hydrogen) atoms. The summed E-state index contributed by atoms with van der Waals surface area (Å²) >= 11 is 3.50. The van der Waals surface area contributed by atoms with Crippen LogP contribution < -0.4 is 0 Å². The largest absolute Gasteiger partial charge is 0.0654 e. The molecule has 1 aromatic carbocycles. The molecule has 0 saturated carbocycles. The van der Waals surface area contributed by atoms with Gasteiger partial charge in [0, 0.05) is 4.47 Å². The van der Waals surface area contributed by atoms with E-state index in [1.54, 1.807) is 0 Å². The van der Waals surface area contributed by atoms with Gasteiger partial charge in [-0.05, 0) is 49.4 Å². The van der Waals surface area contributed by atoms with Crippen LogP contribution in [-0.4, -0.2) is 0 Å². The minimum Gasteiger partial charge on any atom is -0.0654 e. The van der Waals surface area contributed by atoms with Crippen molar-refractivity contribution in [1.82, 2.24) is 0 Å². The van der Waals surface area contributed by atoms with E-state index in [9.17, 15) is 0 Å². The second-order valence-electron chi connectivity index (χ2n) is 3.55. The van der Waals surface area contributed by atoms with Crippen molar-refractivity contribution in [3.8, 4) is 0 Å². The first kappa shape index (κ1) is 10.8. The van der Waals surface area contributed by atoms with Crippen LogP contribution in [0.25, 0.3) is 0 Å². The van der Waals surface area contributed by atoms with E-state index in [2.05, 4.69) is 54.9 Å². The predicted octanol–water partition coefficient (Wildman–Crippen LogP) is 4.48. The van der Waals surface area contributed by atoms with E-state index in [-0.39, 0.29) is 0 Å². The van der Waals surface area contributed by atoms with E-state index < -0.39 is 0 Å². The van der Waals surface area contributed by atoms with Crippen molar-refractivity contribution in [3.05, 3.63) is 40.7 Å². The fourth-order valence-corrected chi connectivity index (χ4v) is 2.14. The van der Waals surface area contributed by atoms with E-state index >= 15 is 0 Å². The topological polar surface area (TPSA) is 0 Å². The minimum atomic E-state index is 0.432. The molecule has 0 heterocycles. The maximum Gasteiger partial charge on any atom is 0.0180 e. The maximum atomic E-state index is 4.16. The molecule has 0 aromatic heterocycles. The summed E-state index contributed by atoms with van der Waals surface area (Å²) in [6.45, 7) is 8.47. The van der Waals surface area contributed by atoms with Crippen LogP contribution in [0.5, 0.6) is 0 Å². The van der Waals surface area contributed by atoms with Crippen molar-refractivity contribution in [1.29, 1.82) is 0 Å². The van der Waals surface area contributed by atoms with Gasteiger partial charge in [0.25, 0.3) is 0 Å². The number of hydrogen-bond acceptors (Lipinski definition) is 0. The van der Waals surface area contributed by atoms with Crippen LogP contribution >= 0.6 is 15.9 Å². The third-order valence-electron chi connectivity index (χ3n) is 2.17. The molecular formula is C12H16Br. The Morgan fingerprint density at radius 3 is 2.62 bits per heavy atom. The zero-order chi connectivity index (χ0) is 9.84. The van der Waals surface area contributed by atoms with Crippen LogP contribution in [0.4, 0.5) is 0 Å². The molecule has 0 spiro atoms. The van der Waals surface area contributed by atoms with Gasteiger partial charge in [0.1, 0.15) is 0 Å². The standard InChI is InChI=1S/C12H16Br/c1-4-5-10(3)11-6-9(2)7-12(13)8-11/h6-8,10H,3-5H2,1-2H3. The van der Waals surface area contributed by atoms with E-state index in [0.29, 0.717) is 5.92 Å². The quantitative estimate of drug-likeness (QED) is 0.730. The van der Waals surface area contributed by atoms with E-state index in [4.69, 9.17) is 0 Å². The molecule has 0 amide bonds. The summed E-state index contributed by atoms with van der Waals surface area (Å²) in [6.07, 6.45) is 2.36. The van der Waals surface area contributed by atoms with Crippen molar-refractivity contribution in [2.45, 2.75) is 32.6 Å². The summed E-state index contributed by atoms with van der Waals surface area (Å²) in [5.74, 6) is 0.432. The highest BCUT2D eigenvalue weighted by molar-refractivity contribution is 9.10. The Hall–Kier alpha value is -0.300. The Balaban J connectivity index is 2.87. The second kappa shape index (κ2) is 4.80. The van der Waals surface area contributed by atoms with Gasteiger partial charge in [-0.3, -0.25) is 0 Å². The Kier molecular flexibility index (Phi) is 3.98. The van der Waals surface area contributed by atoms with Gasteiger partial charge in [-0.15, -0.1) is 0 Å². The third-order valence-corrected chi connectivity index (χ3v) is 2.63. The highest BCUT2D eigenvalue weighted by Gasteiger charge is 2.05. The molecule has 0 fully saturated rings. The number of benzene rings is 1. The van der Waals surface area contributed by atoms with E-state index in [0.717, 1.165) is 10.9 Å². The van der Waals surface area contributed by atoms with Crippen LogP contribution in [0.3, 0.4) is 0 Å². The normalized spacial score (nSPS) is 12.9. The first-order chi connectivity index (χ1) is 6.13. The maximum absolute atomic E-state index is 4.16. The lowest BCUT2D eigenvalue weighted by Gasteiger charge is -2.11. The Labute approximate surface area is 89.5 Å². The molecule has 1 heteroatoms. The molecule has 0 saturated heterocycles. The van der Waals surface area contributed by atoms with Gasteiger partial charge in [0.15, 0.2) is 0 Å². The smallest absolute Gasteiger partial charge is 0.0180 e. The van der Waals surface area contributed by atoms with Crippen molar-refractivity contribution < 1.29 is 0 Å². The number of aryl methyl sites for hydroxylation is 1. The molecular weight excluding hydrogens is 224 g/mol. The summed E-state index contributed by atoms with van der Waals surface area (Å²) in [6, 6.07) is 6.51. The molecule has 0 aliphatic heterocycles. The predicted molar refractivity (Wildman–Crippen MR) is 61.9 cm³/mol. The zero-order valence-corrected chi connectivity index (χ0v) is 9.89. The summed E-state index contributed by atoms with van der Waals surface area (Å²) in [4.78, 5) is 0. The van der Waals surface area contributed by atoms with Crippen LogP contribution in [-0.2, 0) is 0 Å². The van der Waals surface area contributed by atoms with Crippen LogP contribution in [0.1, 0.15) is 36.8 Å². The average Bonchev–Trinajstić information content (AvgIpc) is 2.03. The fraction of sp³-hybridized carbons (Fsp3) is 0.417. The Morgan fingerprint density at radius 2 is 2.08 bits per heavy atom. The monoisotopic (exact) mass is 239 g/mol. The first-order valence-corrected chi connectivity index (χ1v) is 5.53. The number of halogens is 1. The van der Waals surface area contributed by atoms with Crippen LogP contribution in [0, 0.1) is 13.8 Å². The highest BCUT2D eigenvalue weighted by atomic mass is 79.9. The fourth-order valence-electron chi connectivity index (χ4n) is 1.52. The molecule has 0 aliphatic carbocycles. The molecule has 1 radical (unpaired) electrons. The summed E-state index contributed by atoms with van der Waals surface area (Å²) in [5, 5.41) is 0. The summed E-state index contributed by atoms with van der Waals surface area (Å²) in [7, 11) is 0. The van der Waals surface area contributed by atoms with Gasteiger partial charge in [0.05, 0.1) is 0 Å². The lowest BCUT2D eigenvalue weighted by atomic mass is 9.95. The van der Waals surface area contributed by atoms with Crippen LogP contribution in [0.15, 0.2) is 22.7 Å². The minimum absolute atomic E-state index is 0.432. The van der Waals surface area contributed by atoms with Crippen molar-refractivity contribution in [2.24, 2.45) is 0 Å². The summed E-state index contributed by atoms with van der Waals surface area (Å²) < 4.78 is 1.16. The van der Waals surface area contributed by atoms with Crippen molar-refractivity contribution in [2.75, 3.05) is 0 Å². The molecule has 1 unspecified atom stereocenters. The third kappa shape index (κ3) is 3.15. The number of rotatable bonds is 3. The molecule has 0 bridgehead atoms. The first-order valence-electron chi connectivity index (χ1n) is 4.73. The summed E-state index contributed by atoms with van der Waals surface area (Å²) in [5.41, 5.74) is 2.64. The Bertz CT molecular complexity index is 258. The Morgan fingerprint density at radius 1 is 1.38 bits per heavy atom. The van der Waals surface area contributed by atoms with Crippen LogP contribution in [0.2, 0.25) is 0 Å². The van der Waals surface area contributed by atoms with Gasteiger partial charge in [-0.25, -0.2) is 0 Å². The molecule has 0 nitrogen and oxygen atoms in total. The van der Waals surface area contributed by atoms with Crippen molar-refractivity contribution >= 4 is 15.9 Å². The molecule has 71 valence electrons. The molecule has 1 atom stereocenters. The van der Waals surface area contributed by atoms with Crippen molar-refractivity contribution in [3.63, 3.8) is 0 Å².